The molecule has 1 heterocycles. The molecule has 0 fully saturated rings. The second kappa shape index (κ2) is 9.41. The SMILES string of the molecule is COc1ccc(-n2cnnc2SCC(=O)N(Cc2ccccc2)C(C)C)cc1. The van der Waals surface area contributed by atoms with Gasteiger partial charge in [0.15, 0.2) is 5.16 Å². The Kier molecular flexibility index (Phi) is 6.71. The summed E-state index contributed by atoms with van der Waals surface area (Å²) in [5, 5.41) is 8.85. The number of hydrogen-bond donors (Lipinski definition) is 0. The van der Waals surface area contributed by atoms with E-state index < -0.39 is 0 Å². The summed E-state index contributed by atoms with van der Waals surface area (Å²) < 4.78 is 7.07. The van der Waals surface area contributed by atoms with Crippen LogP contribution in [0.2, 0.25) is 0 Å². The van der Waals surface area contributed by atoms with Crippen molar-refractivity contribution in [1.82, 2.24) is 19.7 Å². The number of aromatic nitrogens is 3. The van der Waals surface area contributed by atoms with Crippen LogP contribution in [0, 0.1) is 0 Å². The van der Waals surface area contributed by atoms with Crippen LogP contribution in [-0.4, -0.2) is 44.5 Å². The lowest BCUT2D eigenvalue weighted by molar-refractivity contribution is -0.130. The minimum Gasteiger partial charge on any atom is -0.497 e. The van der Waals surface area contributed by atoms with E-state index in [4.69, 9.17) is 4.74 Å². The zero-order valence-electron chi connectivity index (χ0n) is 16.3. The number of ether oxygens (including phenoxy) is 1. The molecule has 0 atom stereocenters. The van der Waals surface area contributed by atoms with Crippen LogP contribution < -0.4 is 4.74 Å². The summed E-state index contributed by atoms with van der Waals surface area (Å²) in [7, 11) is 1.64. The number of thioether (sulfide) groups is 1. The van der Waals surface area contributed by atoms with Crippen molar-refractivity contribution < 1.29 is 9.53 Å². The zero-order valence-corrected chi connectivity index (χ0v) is 17.1. The Balaban J connectivity index is 1.67. The molecule has 0 unspecified atom stereocenters. The third-order valence-corrected chi connectivity index (χ3v) is 5.26. The molecule has 7 heteroatoms. The van der Waals surface area contributed by atoms with E-state index in [2.05, 4.69) is 10.2 Å². The molecule has 0 saturated heterocycles. The van der Waals surface area contributed by atoms with Crippen molar-refractivity contribution >= 4 is 17.7 Å². The highest BCUT2D eigenvalue weighted by Crippen LogP contribution is 2.22. The topological polar surface area (TPSA) is 60.2 Å². The lowest BCUT2D eigenvalue weighted by atomic mass is 10.2. The monoisotopic (exact) mass is 396 g/mol. The first-order chi connectivity index (χ1) is 13.6. The molecule has 0 aliphatic carbocycles. The van der Waals surface area contributed by atoms with E-state index in [9.17, 15) is 4.79 Å². The standard InChI is InChI=1S/C21H24N4O2S/c1-16(2)24(13-17-7-5-4-6-8-17)20(26)14-28-21-23-22-15-25(21)18-9-11-19(27-3)12-10-18/h4-12,15-16H,13-14H2,1-3H3. The molecule has 0 bridgehead atoms. The Morgan fingerprint density at radius 3 is 2.50 bits per heavy atom. The van der Waals surface area contributed by atoms with Crippen LogP contribution in [0.4, 0.5) is 0 Å². The van der Waals surface area contributed by atoms with E-state index in [-0.39, 0.29) is 11.9 Å². The number of hydrogen-bond acceptors (Lipinski definition) is 5. The van der Waals surface area contributed by atoms with Gasteiger partial charge >= 0.3 is 0 Å². The normalized spacial score (nSPS) is 10.9. The molecule has 0 N–H and O–H groups in total. The fourth-order valence-electron chi connectivity index (χ4n) is 2.79. The van der Waals surface area contributed by atoms with Crippen molar-refractivity contribution in [2.24, 2.45) is 0 Å². The first kappa shape index (κ1) is 19.9. The maximum absolute atomic E-state index is 12.8. The molecule has 0 saturated carbocycles. The average Bonchev–Trinajstić information content (AvgIpc) is 3.19. The second-order valence-electron chi connectivity index (χ2n) is 6.57. The van der Waals surface area contributed by atoms with Gasteiger partial charge in [-0.1, -0.05) is 42.1 Å². The van der Waals surface area contributed by atoms with Gasteiger partial charge in [0.25, 0.3) is 0 Å². The summed E-state index contributed by atoms with van der Waals surface area (Å²) in [6.45, 7) is 4.67. The molecular formula is C21H24N4O2S. The van der Waals surface area contributed by atoms with E-state index in [0.717, 1.165) is 17.0 Å². The summed E-state index contributed by atoms with van der Waals surface area (Å²) in [6, 6.07) is 17.8. The average molecular weight is 397 g/mol. The Labute approximate surface area is 169 Å². The van der Waals surface area contributed by atoms with Gasteiger partial charge in [0.2, 0.25) is 5.91 Å². The molecule has 1 amide bonds. The Morgan fingerprint density at radius 1 is 1.14 bits per heavy atom. The number of benzene rings is 2. The predicted molar refractivity (Wildman–Crippen MR) is 111 cm³/mol. The highest BCUT2D eigenvalue weighted by Gasteiger charge is 2.19. The predicted octanol–water partition coefficient (Wildman–Crippen LogP) is 3.81. The minimum atomic E-state index is 0.0770. The number of carbonyl (C=O) groups is 1. The Bertz CT molecular complexity index is 894. The summed E-state index contributed by atoms with van der Waals surface area (Å²) in [5.41, 5.74) is 2.04. The maximum atomic E-state index is 12.8. The molecule has 1 aromatic heterocycles. The highest BCUT2D eigenvalue weighted by atomic mass is 32.2. The molecule has 3 rings (SSSR count). The molecule has 0 aliphatic heterocycles. The van der Waals surface area contributed by atoms with Gasteiger partial charge in [-0.2, -0.15) is 0 Å². The van der Waals surface area contributed by atoms with Crippen molar-refractivity contribution in [1.29, 1.82) is 0 Å². The first-order valence-electron chi connectivity index (χ1n) is 9.09. The lowest BCUT2D eigenvalue weighted by Crippen LogP contribution is -2.37. The van der Waals surface area contributed by atoms with Crippen LogP contribution in [0.1, 0.15) is 19.4 Å². The third kappa shape index (κ3) is 4.92. The van der Waals surface area contributed by atoms with Gasteiger partial charge in [-0.3, -0.25) is 9.36 Å². The van der Waals surface area contributed by atoms with Gasteiger partial charge < -0.3 is 9.64 Å². The van der Waals surface area contributed by atoms with E-state index in [0.29, 0.717) is 17.5 Å². The van der Waals surface area contributed by atoms with Crippen molar-refractivity contribution in [3.8, 4) is 11.4 Å². The van der Waals surface area contributed by atoms with Crippen LogP contribution in [0.15, 0.2) is 66.1 Å². The molecular weight excluding hydrogens is 372 g/mol. The first-order valence-corrected chi connectivity index (χ1v) is 10.1. The van der Waals surface area contributed by atoms with Crippen LogP contribution >= 0.6 is 11.8 Å². The van der Waals surface area contributed by atoms with Gasteiger partial charge in [0, 0.05) is 18.3 Å². The Morgan fingerprint density at radius 2 is 1.86 bits per heavy atom. The number of nitrogens with zero attached hydrogens (tertiary/aromatic N) is 4. The van der Waals surface area contributed by atoms with Crippen LogP contribution in [0.25, 0.3) is 5.69 Å². The summed E-state index contributed by atoms with van der Waals surface area (Å²) >= 11 is 1.39. The molecule has 28 heavy (non-hydrogen) atoms. The van der Waals surface area contributed by atoms with E-state index >= 15 is 0 Å². The lowest BCUT2D eigenvalue weighted by Gasteiger charge is -2.26. The quantitative estimate of drug-likeness (QED) is 0.542. The molecule has 6 nitrogen and oxygen atoms in total. The molecule has 0 spiro atoms. The fraction of sp³-hybridized carbons (Fsp3) is 0.286. The van der Waals surface area contributed by atoms with E-state index in [1.807, 2.05) is 77.9 Å². The summed E-state index contributed by atoms with van der Waals surface area (Å²) in [5.74, 6) is 1.17. The number of rotatable bonds is 8. The fourth-order valence-corrected chi connectivity index (χ4v) is 3.61. The van der Waals surface area contributed by atoms with Crippen molar-refractivity contribution in [3.05, 3.63) is 66.5 Å². The number of methoxy groups -OCH3 is 1. The van der Waals surface area contributed by atoms with Gasteiger partial charge in [-0.25, -0.2) is 0 Å². The minimum absolute atomic E-state index is 0.0770. The molecule has 3 aromatic rings. The summed E-state index contributed by atoms with van der Waals surface area (Å²) in [4.78, 5) is 14.7. The third-order valence-electron chi connectivity index (χ3n) is 4.33. The van der Waals surface area contributed by atoms with Crippen LogP contribution in [0.3, 0.4) is 0 Å². The van der Waals surface area contributed by atoms with E-state index in [1.54, 1.807) is 13.4 Å². The largest absolute Gasteiger partial charge is 0.497 e. The molecule has 0 radical (unpaired) electrons. The zero-order chi connectivity index (χ0) is 19.9. The van der Waals surface area contributed by atoms with Gasteiger partial charge in [-0.15, -0.1) is 10.2 Å². The van der Waals surface area contributed by atoms with Gasteiger partial charge in [0.05, 0.1) is 12.9 Å². The van der Waals surface area contributed by atoms with Gasteiger partial charge in [-0.05, 0) is 43.7 Å². The Hall–Kier alpha value is -2.80. The van der Waals surface area contributed by atoms with Gasteiger partial charge in [0.1, 0.15) is 12.1 Å². The van der Waals surface area contributed by atoms with Crippen molar-refractivity contribution in [3.63, 3.8) is 0 Å². The number of amides is 1. The summed E-state index contributed by atoms with van der Waals surface area (Å²) in [6.07, 6.45) is 1.65. The van der Waals surface area contributed by atoms with E-state index in [1.165, 1.54) is 11.8 Å². The molecule has 2 aromatic carbocycles. The maximum Gasteiger partial charge on any atom is 0.233 e. The smallest absolute Gasteiger partial charge is 0.233 e. The molecule has 0 aliphatic rings. The van der Waals surface area contributed by atoms with Crippen LogP contribution in [0.5, 0.6) is 5.75 Å². The van der Waals surface area contributed by atoms with Crippen LogP contribution in [-0.2, 0) is 11.3 Å². The van der Waals surface area contributed by atoms with Crippen molar-refractivity contribution in [2.45, 2.75) is 31.6 Å². The highest BCUT2D eigenvalue weighted by molar-refractivity contribution is 7.99. The number of carbonyl (C=O) groups excluding carboxylic acids is 1. The van der Waals surface area contributed by atoms with Crippen molar-refractivity contribution in [2.75, 3.05) is 12.9 Å². The second-order valence-corrected chi connectivity index (χ2v) is 7.51. The molecule has 146 valence electrons.